The van der Waals surface area contributed by atoms with Gasteiger partial charge in [0, 0.05) is 12.4 Å². The van der Waals surface area contributed by atoms with Crippen molar-refractivity contribution in [3.63, 3.8) is 0 Å². The van der Waals surface area contributed by atoms with Gasteiger partial charge in [-0.15, -0.1) is 23.2 Å². The van der Waals surface area contributed by atoms with E-state index in [1.54, 1.807) is 24.3 Å². The normalized spacial score (nSPS) is 13.7. The van der Waals surface area contributed by atoms with Gasteiger partial charge in [-0.1, -0.05) is 17.7 Å². The Kier molecular flexibility index (Phi) is 5.05. The van der Waals surface area contributed by atoms with Crippen molar-refractivity contribution in [1.29, 1.82) is 0 Å². The molecule has 1 aromatic carbocycles. The van der Waals surface area contributed by atoms with E-state index in [4.69, 9.17) is 23.2 Å². The summed E-state index contributed by atoms with van der Waals surface area (Å²) < 4.78 is 25.9. The van der Waals surface area contributed by atoms with Gasteiger partial charge in [-0.2, -0.15) is 0 Å². The molecule has 6 heteroatoms. The van der Waals surface area contributed by atoms with Crippen molar-refractivity contribution in [3.8, 4) is 0 Å². The molecule has 1 unspecified atom stereocenters. The molecule has 0 heterocycles. The molecule has 0 radical (unpaired) electrons. The predicted molar refractivity (Wildman–Crippen MR) is 66.7 cm³/mol. The van der Waals surface area contributed by atoms with Gasteiger partial charge in [-0.25, -0.2) is 13.1 Å². The van der Waals surface area contributed by atoms with Crippen molar-refractivity contribution >= 4 is 33.2 Å². The first kappa shape index (κ1) is 13.8. The third-order valence-electron chi connectivity index (χ3n) is 1.99. The molecule has 0 aromatic heterocycles. The Morgan fingerprint density at radius 3 is 2.38 bits per heavy atom. The lowest BCUT2D eigenvalue weighted by molar-refractivity contribution is 0.581. The van der Waals surface area contributed by atoms with Crippen LogP contribution in [0.3, 0.4) is 0 Å². The van der Waals surface area contributed by atoms with Gasteiger partial charge < -0.3 is 0 Å². The molecule has 0 spiro atoms. The number of halogens is 2. The van der Waals surface area contributed by atoms with E-state index >= 15 is 0 Å². The summed E-state index contributed by atoms with van der Waals surface area (Å²) in [6.45, 7) is 2.02. The van der Waals surface area contributed by atoms with Crippen LogP contribution in [0.25, 0.3) is 0 Å². The van der Waals surface area contributed by atoms with Crippen LogP contribution >= 0.6 is 23.2 Å². The van der Waals surface area contributed by atoms with E-state index < -0.39 is 15.4 Å². The number of sulfonamides is 1. The van der Waals surface area contributed by atoms with E-state index in [2.05, 4.69) is 4.72 Å². The maximum absolute atomic E-state index is 11.8. The highest BCUT2D eigenvalue weighted by Crippen LogP contribution is 2.10. The highest BCUT2D eigenvalue weighted by atomic mass is 35.5. The van der Waals surface area contributed by atoms with Crippen LogP contribution in [0.15, 0.2) is 29.2 Å². The zero-order valence-electron chi connectivity index (χ0n) is 8.78. The summed E-state index contributed by atoms with van der Waals surface area (Å²) in [5.41, 5.74) is 1.01. The van der Waals surface area contributed by atoms with Crippen molar-refractivity contribution in [2.24, 2.45) is 0 Å². The molecule has 1 N–H and O–H groups in total. The predicted octanol–water partition coefficient (Wildman–Crippen LogP) is 2.12. The van der Waals surface area contributed by atoms with E-state index in [0.717, 1.165) is 5.56 Å². The quantitative estimate of drug-likeness (QED) is 0.841. The van der Waals surface area contributed by atoms with E-state index in [0.29, 0.717) is 0 Å². The van der Waals surface area contributed by atoms with Crippen molar-refractivity contribution in [2.45, 2.75) is 17.2 Å². The van der Waals surface area contributed by atoms with Crippen LogP contribution < -0.4 is 4.72 Å². The summed E-state index contributed by atoms with van der Waals surface area (Å²) in [6.07, 6.45) is 0. The number of hydrogen-bond donors (Lipinski definition) is 1. The maximum atomic E-state index is 11.8. The number of rotatable bonds is 5. The largest absolute Gasteiger partial charge is 0.240 e. The van der Waals surface area contributed by atoms with Gasteiger partial charge in [0.1, 0.15) is 0 Å². The first-order chi connectivity index (χ1) is 7.45. The Bertz CT molecular complexity index is 431. The van der Waals surface area contributed by atoms with Crippen LogP contribution in [0.5, 0.6) is 0 Å². The van der Waals surface area contributed by atoms with Crippen LogP contribution in [0.1, 0.15) is 5.56 Å². The zero-order chi connectivity index (χ0) is 12.2. The molecule has 0 aliphatic carbocycles. The van der Waals surface area contributed by atoms with Crippen LogP contribution in [0, 0.1) is 6.92 Å². The lowest BCUT2D eigenvalue weighted by atomic mass is 10.2. The van der Waals surface area contributed by atoms with Crippen LogP contribution in [-0.4, -0.2) is 26.2 Å². The monoisotopic (exact) mass is 281 g/mol. The molecule has 0 aliphatic heterocycles. The topological polar surface area (TPSA) is 46.2 Å². The highest BCUT2D eigenvalue weighted by molar-refractivity contribution is 7.89. The van der Waals surface area contributed by atoms with Gasteiger partial charge in [0.2, 0.25) is 10.0 Å². The average Bonchev–Trinajstić information content (AvgIpc) is 2.26. The third kappa shape index (κ3) is 3.94. The van der Waals surface area contributed by atoms with Gasteiger partial charge in [0.25, 0.3) is 0 Å². The molecule has 3 nitrogen and oxygen atoms in total. The number of aryl methyl sites for hydroxylation is 1. The first-order valence-electron chi connectivity index (χ1n) is 4.72. The second-order valence-electron chi connectivity index (χ2n) is 3.42. The zero-order valence-corrected chi connectivity index (χ0v) is 11.1. The lowest BCUT2D eigenvalue weighted by Gasteiger charge is -2.09. The number of hydrogen-bond acceptors (Lipinski definition) is 2. The van der Waals surface area contributed by atoms with Crippen LogP contribution in [0.2, 0.25) is 0 Å². The Hall–Kier alpha value is -0.290. The number of alkyl halides is 2. The minimum absolute atomic E-state index is 0.126. The number of benzene rings is 1. The van der Waals surface area contributed by atoms with Crippen LogP contribution in [-0.2, 0) is 10.0 Å². The molecular weight excluding hydrogens is 269 g/mol. The number of nitrogens with one attached hydrogen (secondary N) is 1. The fraction of sp³-hybridized carbons (Fsp3) is 0.400. The molecule has 0 saturated heterocycles. The molecule has 90 valence electrons. The fourth-order valence-electron chi connectivity index (χ4n) is 1.06. The van der Waals surface area contributed by atoms with E-state index in [1.165, 1.54) is 0 Å². The van der Waals surface area contributed by atoms with Crippen LogP contribution in [0.4, 0.5) is 0 Å². The molecule has 1 atom stereocenters. The Labute approximate surface area is 106 Å². The smallest absolute Gasteiger partial charge is 0.210 e. The van der Waals surface area contributed by atoms with Gasteiger partial charge in [-0.05, 0) is 19.1 Å². The molecule has 0 bridgehead atoms. The van der Waals surface area contributed by atoms with Gasteiger partial charge >= 0.3 is 0 Å². The molecule has 1 rings (SSSR count). The van der Waals surface area contributed by atoms with Crippen molar-refractivity contribution in [1.82, 2.24) is 4.72 Å². The van der Waals surface area contributed by atoms with Crippen molar-refractivity contribution in [3.05, 3.63) is 29.8 Å². The Morgan fingerprint density at radius 1 is 1.31 bits per heavy atom. The van der Waals surface area contributed by atoms with E-state index in [1.807, 2.05) is 6.92 Å². The van der Waals surface area contributed by atoms with E-state index in [9.17, 15) is 8.42 Å². The molecular formula is C10H13Cl2NO2S. The highest BCUT2D eigenvalue weighted by Gasteiger charge is 2.14. The second kappa shape index (κ2) is 5.87. The average molecular weight is 282 g/mol. The maximum Gasteiger partial charge on any atom is 0.240 e. The lowest BCUT2D eigenvalue weighted by Crippen LogP contribution is -2.30. The summed E-state index contributed by atoms with van der Waals surface area (Å²) >= 11 is 11.2. The molecule has 0 fully saturated rings. The minimum atomic E-state index is -3.48. The Morgan fingerprint density at radius 2 is 1.88 bits per heavy atom. The summed E-state index contributed by atoms with van der Waals surface area (Å²) in [7, 11) is -3.48. The second-order valence-corrected chi connectivity index (χ2v) is 6.11. The summed E-state index contributed by atoms with van der Waals surface area (Å²) in [5.74, 6) is 0.206. The molecule has 16 heavy (non-hydrogen) atoms. The van der Waals surface area contributed by atoms with E-state index in [-0.39, 0.29) is 17.3 Å². The van der Waals surface area contributed by atoms with Crippen molar-refractivity contribution in [2.75, 3.05) is 12.4 Å². The summed E-state index contributed by atoms with van der Waals surface area (Å²) in [4.78, 5) is 0.233. The minimum Gasteiger partial charge on any atom is -0.210 e. The molecule has 0 amide bonds. The Balaban J connectivity index is 2.74. The first-order valence-corrected chi connectivity index (χ1v) is 7.17. The standard InChI is InChI=1S/C10H13Cl2NO2S/c1-8-2-4-10(5-3-8)16(14,15)13-7-9(12)6-11/h2-5,9,13H,6-7H2,1H3. The summed E-state index contributed by atoms with van der Waals surface area (Å²) in [6, 6.07) is 6.60. The SMILES string of the molecule is Cc1ccc(S(=O)(=O)NCC(Cl)CCl)cc1. The molecule has 0 aliphatic rings. The molecule has 0 saturated carbocycles. The van der Waals surface area contributed by atoms with Gasteiger partial charge in [-0.3, -0.25) is 0 Å². The fourth-order valence-corrected chi connectivity index (χ4v) is 2.41. The van der Waals surface area contributed by atoms with Gasteiger partial charge in [0.15, 0.2) is 0 Å². The molecule has 1 aromatic rings. The third-order valence-corrected chi connectivity index (χ3v) is 4.27. The summed E-state index contributed by atoms with van der Waals surface area (Å²) in [5, 5.41) is -0.401. The van der Waals surface area contributed by atoms with Gasteiger partial charge in [0.05, 0.1) is 10.3 Å². The van der Waals surface area contributed by atoms with Crippen molar-refractivity contribution < 1.29 is 8.42 Å².